The van der Waals surface area contributed by atoms with Crippen LogP contribution in [0.25, 0.3) is 0 Å². The molecule has 0 bridgehead atoms. The van der Waals surface area contributed by atoms with Crippen LogP contribution < -0.4 is 10.1 Å². The number of benzene rings is 2. The van der Waals surface area contributed by atoms with Gasteiger partial charge >= 0.3 is 5.97 Å². The third-order valence-electron chi connectivity index (χ3n) is 4.10. The second-order valence-electron chi connectivity index (χ2n) is 6.08. The van der Waals surface area contributed by atoms with Gasteiger partial charge in [0, 0.05) is 17.0 Å². The van der Waals surface area contributed by atoms with Crippen molar-refractivity contribution in [1.29, 1.82) is 0 Å². The Kier molecular flexibility index (Phi) is 9.17. The zero-order valence-corrected chi connectivity index (χ0v) is 17.5. The van der Waals surface area contributed by atoms with Gasteiger partial charge in [0.05, 0.1) is 13.7 Å². The lowest BCUT2D eigenvalue weighted by Gasteiger charge is -2.17. The molecule has 0 saturated carbocycles. The summed E-state index contributed by atoms with van der Waals surface area (Å²) in [5, 5.41) is 3.31. The molecule has 5 nitrogen and oxygen atoms in total. The largest absolute Gasteiger partial charge is 0.497 e. The number of hydrogen-bond donors (Lipinski definition) is 1. The molecule has 1 amide bonds. The zero-order valence-electron chi connectivity index (χ0n) is 15.9. The van der Waals surface area contributed by atoms with Crippen molar-refractivity contribution in [2.45, 2.75) is 18.9 Å². The molecule has 0 aliphatic rings. The molecule has 7 heteroatoms. The van der Waals surface area contributed by atoms with Crippen molar-refractivity contribution < 1.29 is 19.1 Å². The Morgan fingerprint density at radius 2 is 1.79 bits per heavy atom. The molecule has 1 atom stereocenters. The molecule has 0 aliphatic carbocycles. The molecule has 1 N–H and O–H groups in total. The Morgan fingerprint density at radius 3 is 2.39 bits per heavy atom. The van der Waals surface area contributed by atoms with E-state index >= 15 is 0 Å². The summed E-state index contributed by atoms with van der Waals surface area (Å²) in [5.74, 6) is 0.765. The third-order valence-corrected chi connectivity index (χ3v) is 5.00. The van der Waals surface area contributed by atoms with Gasteiger partial charge in [-0.1, -0.05) is 23.7 Å². The molecule has 0 saturated heterocycles. The second-order valence-corrected chi connectivity index (χ2v) is 7.50. The van der Waals surface area contributed by atoms with Gasteiger partial charge in [0.1, 0.15) is 11.8 Å². The SMILES string of the molecule is COc1ccc(CCOC(=O)[C@H](CCSC)NC(=O)c2ccc(Cl)cc2)cc1. The third kappa shape index (κ3) is 7.09. The Balaban J connectivity index is 1.89. The van der Waals surface area contributed by atoms with Gasteiger partial charge in [-0.2, -0.15) is 11.8 Å². The van der Waals surface area contributed by atoms with E-state index in [2.05, 4.69) is 5.32 Å². The van der Waals surface area contributed by atoms with Crippen LogP contribution in [0.5, 0.6) is 5.75 Å². The number of hydrogen-bond acceptors (Lipinski definition) is 5. The van der Waals surface area contributed by atoms with Gasteiger partial charge in [0.25, 0.3) is 5.91 Å². The van der Waals surface area contributed by atoms with Gasteiger partial charge in [-0.15, -0.1) is 0 Å². The van der Waals surface area contributed by atoms with Crippen molar-refractivity contribution in [1.82, 2.24) is 5.32 Å². The van der Waals surface area contributed by atoms with Crippen molar-refractivity contribution in [3.63, 3.8) is 0 Å². The number of amides is 1. The van der Waals surface area contributed by atoms with E-state index in [0.717, 1.165) is 17.1 Å². The van der Waals surface area contributed by atoms with Crippen LogP contribution in [0.4, 0.5) is 0 Å². The monoisotopic (exact) mass is 421 g/mol. The van der Waals surface area contributed by atoms with E-state index in [4.69, 9.17) is 21.1 Å². The van der Waals surface area contributed by atoms with Gasteiger partial charge in [0.2, 0.25) is 0 Å². The lowest BCUT2D eigenvalue weighted by Crippen LogP contribution is -2.42. The number of halogens is 1. The van der Waals surface area contributed by atoms with Crippen LogP contribution in [0.3, 0.4) is 0 Å². The van der Waals surface area contributed by atoms with E-state index in [1.165, 1.54) is 0 Å². The second kappa shape index (κ2) is 11.6. The van der Waals surface area contributed by atoms with E-state index in [0.29, 0.717) is 23.4 Å². The number of methoxy groups -OCH3 is 1. The molecule has 28 heavy (non-hydrogen) atoms. The Bertz CT molecular complexity index is 765. The van der Waals surface area contributed by atoms with Gasteiger partial charge in [0.15, 0.2) is 0 Å². The summed E-state index contributed by atoms with van der Waals surface area (Å²) in [7, 11) is 1.61. The predicted molar refractivity (Wildman–Crippen MR) is 113 cm³/mol. The highest BCUT2D eigenvalue weighted by Gasteiger charge is 2.22. The lowest BCUT2D eigenvalue weighted by molar-refractivity contribution is -0.145. The Morgan fingerprint density at radius 1 is 1.11 bits per heavy atom. The van der Waals surface area contributed by atoms with Crippen LogP contribution in [-0.4, -0.2) is 43.6 Å². The number of rotatable bonds is 10. The quantitative estimate of drug-likeness (QED) is 0.588. The Hall–Kier alpha value is -2.18. The number of nitrogens with one attached hydrogen (secondary N) is 1. The highest BCUT2D eigenvalue weighted by molar-refractivity contribution is 7.98. The van der Waals surface area contributed by atoms with Crippen molar-refractivity contribution >= 4 is 35.2 Å². The molecule has 2 aromatic rings. The van der Waals surface area contributed by atoms with Gasteiger partial charge in [-0.25, -0.2) is 4.79 Å². The minimum absolute atomic E-state index is 0.248. The van der Waals surface area contributed by atoms with Crippen LogP contribution in [-0.2, 0) is 16.0 Å². The van der Waals surface area contributed by atoms with E-state index in [1.807, 2.05) is 30.5 Å². The number of thioether (sulfide) groups is 1. The van der Waals surface area contributed by atoms with E-state index in [-0.39, 0.29) is 12.5 Å². The average Bonchev–Trinajstić information content (AvgIpc) is 2.71. The van der Waals surface area contributed by atoms with Crippen LogP contribution >= 0.6 is 23.4 Å². The molecule has 0 aromatic heterocycles. The van der Waals surface area contributed by atoms with E-state index in [9.17, 15) is 9.59 Å². The molecule has 2 aromatic carbocycles. The van der Waals surface area contributed by atoms with Crippen LogP contribution in [0.1, 0.15) is 22.3 Å². The molecule has 150 valence electrons. The summed E-state index contributed by atoms with van der Waals surface area (Å²) in [6.45, 7) is 0.248. The molecule has 0 spiro atoms. The first-order valence-electron chi connectivity index (χ1n) is 8.88. The van der Waals surface area contributed by atoms with Crippen LogP contribution in [0.15, 0.2) is 48.5 Å². The standard InChI is InChI=1S/C21H24ClNO4S/c1-26-18-9-3-15(4-10-18)11-13-27-21(25)19(12-14-28-2)23-20(24)16-5-7-17(22)8-6-16/h3-10,19H,11-14H2,1-2H3,(H,23,24)/t19-/m0/s1. The molecular formula is C21H24ClNO4S. The summed E-state index contributed by atoms with van der Waals surface area (Å²) >= 11 is 7.46. The maximum atomic E-state index is 12.5. The summed E-state index contributed by atoms with van der Waals surface area (Å²) in [6.07, 6.45) is 3.05. The van der Waals surface area contributed by atoms with Crippen molar-refractivity contribution in [3.05, 3.63) is 64.7 Å². The smallest absolute Gasteiger partial charge is 0.328 e. The molecule has 0 fully saturated rings. The summed E-state index contributed by atoms with van der Waals surface area (Å²) < 4.78 is 10.5. The van der Waals surface area contributed by atoms with Crippen molar-refractivity contribution in [2.75, 3.05) is 25.7 Å². The summed E-state index contributed by atoms with van der Waals surface area (Å²) in [4.78, 5) is 24.9. The molecule has 0 heterocycles. The first kappa shape index (κ1) is 22.1. The topological polar surface area (TPSA) is 64.6 Å². The normalized spacial score (nSPS) is 11.5. The first-order chi connectivity index (χ1) is 13.5. The van der Waals surface area contributed by atoms with E-state index < -0.39 is 12.0 Å². The maximum Gasteiger partial charge on any atom is 0.328 e. The van der Waals surface area contributed by atoms with E-state index in [1.54, 1.807) is 43.1 Å². The van der Waals surface area contributed by atoms with Crippen LogP contribution in [0.2, 0.25) is 5.02 Å². The van der Waals surface area contributed by atoms with Gasteiger partial charge in [-0.05, 0) is 60.4 Å². The number of ether oxygens (including phenoxy) is 2. The lowest BCUT2D eigenvalue weighted by atomic mass is 10.1. The molecule has 0 unspecified atom stereocenters. The fraction of sp³-hybridized carbons (Fsp3) is 0.333. The average molecular weight is 422 g/mol. The molecule has 0 aliphatic heterocycles. The minimum Gasteiger partial charge on any atom is -0.497 e. The predicted octanol–water partition coefficient (Wildman–Crippen LogP) is 3.99. The summed E-state index contributed by atoms with van der Waals surface area (Å²) in [5.41, 5.74) is 1.49. The molecule has 2 rings (SSSR count). The number of carbonyl (C=O) groups is 2. The molecule has 0 radical (unpaired) electrons. The number of esters is 1. The maximum absolute atomic E-state index is 12.5. The van der Waals surface area contributed by atoms with Crippen molar-refractivity contribution in [2.24, 2.45) is 0 Å². The van der Waals surface area contributed by atoms with Crippen molar-refractivity contribution in [3.8, 4) is 5.75 Å². The Labute approximate surface area is 174 Å². The summed E-state index contributed by atoms with van der Waals surface area (Å²) in [6, 6.07) is 13.4. The van der Waals surface area contributed by atoms with Gasteiger partial charge in [-0.3, -0.25) is 4.79 Å². The molecular weight excluding hydrogens is 398 g/mol. The van der Waals surface area contributed by atoms with Gasteiger partial charge < -0.3 is 14.8 Å². The fourth-order valence-corrected chi connectivity index (χ4v) is 3.09. The fourth-order valence-electron chi connectivity index (χ4n) is 2.49. The zero-order chi connectivity index (χ0) is 20.4. The first-order valence-corrected chi connectivity index (χ1v) is 10.7. The minimum atomic E-state index is -0.688. The highest BCUT2D eigenvalue weighted by atomic mass is 35.5. The highest BCUT2D eigenvalue weighted by Crippen LogP contribution is 2.13. The number of carbonyl (C=O) groups excluding carboxylic acids is 2. The van der Waals surface area contributed by atoms with Crippen LogP contribution in [0, 0.1) is 0 Å².